The van der Waals surface area contributed by atoms with Crippen LogP contribution in [0.2, 0.25) is 0 Å². The summed E-state index contributed by atoms with van der Waals surface area (Å²) >= 11 is 0. The van der Waals surface area contributed by atoms with Crippen LogP contribution in [0.5, 0.6) is 5.75 Å². The van der Waals surface area contributed by atoms with Crippen molar-refractivity contribution >= 4 is 30.7 Å². The Balaban J connectivity index is 1.61. The van der Waals surface area contributed by atoms with Crippen molar-refractivity contribution in [2.75, 3.05) is 18.5 Å². The molecule has 4 rings (SSSR count). The van der Waals surface area contributed by atoms with Crippen LogP contribution in [0.1, 0.15) is 53.1 Å². The van der Waals surface area contributed by atoms with Gasteiger partial charge in [0, 0.05) is 6.54 Å². The Bertz CT molecular complexity index is 1480. The van der Waals surface area contributed by atoms with Gasteiger partial charge in [0.25, 0.3) is 5.85 Å². The van der Waals surface area contributed by atoms with E-state index < -0.39 is 56.3 Å². The predicted molar refractivity (Wildman–Crippen MR) is 153 cm³/mol. The molecule has 13 nitrogen and oxygen atoms in total. The molecule has 0 bridgehead atoms. The number of nitrogens with zero attached hydrogens (tertiary/aromatic N) is 4. The molecule has 0 unspecified atom stereocenters. The van der Waals surface area contributed by atoms with Crippen LogP contribution < -0.4 is 14.9 Å². The number of aliphatic hydroxyl groups excluding tert-OH is 1. The summed E-state index contributed by atoms with van der Waals surface area (Å²) in [6.45, 7) is 8.55. The number of benzene rings is 1. The number of aliphatic hydroxyl groups is 1. The molecule has 1 saturated heterocycles. The third-order valence-corrected chi connectivity index (χ3v) is 8.14. The van der Waals surface area contributed by atoms with Crippen LogP contribution in [-0.4, -0.2) is 73.5 Å². The topological polar surface area (TPSA) is 159 Å². The average molecular weight is 627 g/mol. The van der Waals surface area contributed by atoms with Gasteiger partial charge in [0.1, 0.15) is 24.2 Å². The minimum Gasteiger partial charge on any atom is -0.462 e. The van der Waals surface area contributed by atoms with Gasteiger partial charge in [0.2, 0.25) is 0 Å². The zero-order valence-electron chi connectivity index (χ0n) is 24.8. The lowest BCUT2D eigenvalue weighted by atomic mass is 9.97. The van der Waals surface area contributed by atoms with Crippen LogP contribution in [0.3, 0.4) is 0 Å². The number of hydrogen-bond donors (Lipinski definition) is 3. The molecule has 0 saturated carbocycles. The molecule has 3 heterocycles. The largest absolute Gasteiger partial charge is 0.462 e. The van der Waals surface area contributed by atoms with Crippen LogP contribution in [0.25, 0.3) is 11.2 Å². The molecule has 0 radical (unpaired) electrons. The third kappa shape index (κ3) is 7.13. The molecule has 0 aliphatic carbocycles. The molecular weight excluding hydrogens is 589 g/mol. The second-order valence-electron chi connectivity index (χ2n) is 10.7. The monoisotopic (exact) mass is 626 g/mol. The molecule has 3 aromatic rings. The average Bonchev–Trinajstić information content (AvgIpc) is 3.43. The number of carbonyl (C=O) groups is 1. The summed E-state index contributed by atoms with van der Waals surface area (Å²) < 4.78 is 68.8. The smallest absolute Gasteiger partial charge is 0.459 e. The Morgan fingerprint density at radius 3 is 2.58 bits per heavy atom. The number of alkyl halides is 2. The van der Waals surface area contributed by atoms with E-state index in [9.17, 15) is 14.5 Å². The molecule has 1 aliphatic heterocycles. The summed E-state index contributed by atoms with van der Waals surface area (Å²) in [5, 5.41) is 16.4. The first-order valence-electron chi connectivity index (χ1n) is 13.9. The fraction of sp³-hybridized carbons (Fsp3) is 0.556. The highest BCUT2D eigenvalue weighted by Gasteiger charge is 2.65. The summed E-state index contributed by atoms with van der Waals surface area (Å²) in [5.74, 6) is -3.15. The van der Waals surface area contributed by atoms with Gasteiger partial charge in [0.15, 0.2) is 35.0 Å². The Morgan fingerprint density at radius 1 is 1.23 bits per heavy atom. The minimum absolute atomic E-state index is 0.0733. The van der Waals surface area contributed by atoms with Crippen molar-refractivity contribution in [3.8, 4) is 5.75 Å². The number of para-hydroxylation sites is 1. The highest BCUT2D eigenvalue weighted by molar-refractivity contribution is 7.52. The summed E-state index contributed by atoms with van der Waals surface area (Å²) in [5.41, 5.74) is -2.28. The molecule has 1 aromatic carbocycles. The Hall–Kier alpha value is -3.23. The van der Waals surface area contributed by atoms with Crippen LogP contribution >= 0.6 is 7.75 Å². The van der Waals surface area contributed by atoms with Crippen molar-refractivity contribution in [3.05, 3.63) is 42.5 Å². The number of nitrogens with one attached hydrogen (secondary N) is 2. The van der Waals surface area contributed by atoms with Gasteiger partial charge in [-0.3, -0.25) is 13.9 Å². The van der Waals surface area contributed by atoms with Gasteiger partial charge < -0.3 is 24.4 Å². The van der Waals surface area contributed by atoms with Gasteiger partial charge in [0.05, 0.1) is 12.4 Å². The van der Waals surface area contributed by atoms with E-state index in [2.05, 4.69) is 25.4 Å². The van der Waals surface area contributed by atoms with Crippen molar-refractivity contribution in [2.24, 2.45) is 0 Å². The highest BCUT2D eigenvalue weighted by Crippen LogP contribution is 2.52. The van der Waals surface area contributed by atoms with E-state index in [1.165, 1.54) is 25.4 Å². The molecule has 3 N–H and O–H groups in total. The third-order valence-electron chi connectivity index (χ3n) is 6.52. The van der Waals surface area contributed by atoms with Crippen LogP contribution in [0.4, 0.5) is 14.6 Å². The Morgan fingerprint density at radius 2 is 1.93 bits per heavy atom. The Kier molecular flexibility index (Phi) is 9.72. The molecule has 0 amide bonds. The molecule has 2 aromatic heterocycles. The van der Waals surface area contributed by atoms with E-state index in [-0.39, 0.29) is 11.4 Å². The van der Waals surface area contributed by atoms with E-state index in [0.29, 0.717) is 23.7 Å². The number of esters is 1. The second kappa shape index (κ2) is 12.8. The maximum atomic E-state index is 16.3. The van der Waals surface area contributed by atoms with E-state index in [4.69, 9.17) is 18.5 Å². The zero-order valence-corrected chi connectivity index (χ0v) is 25.7. The molecule has 16 heteroatoms. The van der Waals surface area contributed by atoms with E-state index in [0.717, 1.165) is 17.9 Å². The van der Waals surface area contributed by atoms with Crippen molar-refractivity contribution in [2.45, 2.75) is 84.0 Å². The van der Waals surface area contributed by atoms with E-state index >= 15 is 8.78 Å². The van der Waals surface area contributed by atoms with Gasteiger partial charge in [-0.15, -0.1) is 0 Å². The number of fused-ring (bicyclic) bond motifs is 1. The number of carbonyl (C=O) groups excluding carboxylic acids is 1. The summed E-state index contributed by atoms with van der Waals surface area (Å²) in [4.78, 5) is 25.4. The summed E-state index contributed by atoms with van der Waals surface area (Å²) in [7, 11) is -4.55. The highest BCUT2D eigenvalue weighted by atomic mass is 31.2. The van der Waals surface area contributed by atoms with Gasteiger partial charge in [-0.1, -0.05) is 25.1 Å². The van der Waals surface area contributed by atoms with Crippen LogP contribution in [-0.2, 0) is 23.4 Å². The number of hydrogen-bond acceptors (Lipinski definition) is 11. The maximum absolute atomic E-state index is 16.3. The second-order valence-corrected chi connectivity index (χ2v) is 12.4. The van der Waals surface area contributed by atoms with Crippen LogP contribution in [0.15, 0.2) is 36.7 Å². The molecule has 6 atom stereocenters. The first-order chi connectivity index (χ1) is 20.2. The predicted octanol–water partition coefficient (Wildman–Crippen LogP) is 4.37. The van der Waals surface area contributed by atoms with Crippen molar-refractivity contribution in [1.29, 1.82) is 0 Å². The number of imidazole rings is 1. The molecule has 43 heavy (non-hydrogen) atoms. The number of anilines is 1. The lowest BCUT2D eigenvalue weighted by Crippen LogP contribution is -2.47. The number of ether oxygens (including phenoxy) is 2. The normalized spacial score (nSPS) is 25.9. The summed E-state index contributed by atoms with van der Waals surface area (Å²) in [6, 6.07) is 6.60. The summed E-state index contributed by atoms with van der Waals surface area (Å²) in [6.07, 6.45) is -2.60. The first-order valence-corrected chi connectivity index (χ1v) is 15.4. The number of aryl methyl sites for hydroxylation is 1. The molecular formula is C27H37F2N6O7P. The Labute approximate surface area is 247 Å². The minimum atomic E-state index is -4.55. The van der Waals surface area contributed by atoms with E-state index in [1.54, 1.807) is 39.0 Å². The van der Waals surface area contributed by atoms with Crippen LogP contribution in [0, 0.1) is 6.92 Å². The van der Waals surface area contributed by atoms with Gasteiger partial charge in [-0.2, -0.15) is 5.09 Å². The molecule has 1 fully saturated rings. The quantitative estimate of drug-likeness (QED) is 0.182. The maximum Gasteiger partial charge on any atom is 0.459 e. The molecule has 1 aliphatic rings. The number of halogens is 2. The van der Waals surface area contributed by atoms with Crippen molar-refractivity contribution in [3.63, 3.8) is 0 Å². The van der Waals surface area contributed by atoms with Crippen molar-refractivity contribution < 1.29 is 41.8 Å². The van der Waals surface area contributed by atoms with Gasteiger partial charge in [-0.05, 0) is 53.2 Å². The molecule has 0 spiro atoms. The first kappa shape index (κ1) is 32.7. The standard InChI is InChI=1S/C27H37F2N6O7P/c1-7-13-30-21-20-22(33-18(5)32-21)35(15-31-20)25-26(6,28)24(37)27(29,41-25)14-39-43(38,42-19-11-9-8-10-12-19)34-17(4)23(36)40-16(2)3/h8-12,15-17,24-25,37H,7,13-14H2,1-6H3,(H,34,38)(H,30,32,33)/t17-,24-,25+,26+,27+,43+/m0/s1. The lowest BCUT2D eigenvalue weighted by molar-refractivity contribution is -0.202. The van der Waals surface area contributed by atoms with E-state index in [1.807, 2.05) is 6.92 Å². The lowest BCUT2D eigenvalue weighted by Gasteiger charge is -2.28. The SMILES string of the molecule is CCCNc1nc(C)nc2c1ncn2[C@@H]1O[C@](F)(CO[P@](=O)(N[C@@H](C)C(=O)OC(C)C)Oc2ccccc2)[C@@H](O)[C@@]1(C)F. The fourth-order valence-corrected chi connectivity index (χ4v) is 5.94. The number of rotatable bonds is 13. The van der Waals surface area contributed by atoms with Gasteiger partial charge >= 0.3 is 13.7 Å². The zero-order chi connectivity index (χ0) is 31.6. The fourth-order valence-electron chi connectivity index (χ4n) is 4.43. The van der Waals surface area contributed by atoms with Crippen molar-refractivity contribution in [1.82, 2.24) is 24.6 Å². The van der Waals surface area contributed by atoms with Gasteiger partial charge in [-0.25, -0.2) is 28.3 Å². The number of aromatic nitrogens is 4. The molecule has 236 valence electrons.